The van der Waals surface area contributed by atoms with E-state index in [0.29, 0.717) is 35.2 Å². The molecule has 0 bridgehead atoms. The molecule has 1 aliphatic heterocycles. The lowest BCUT2D eigenvalue weighted by molar-refractivity contribution is -0.124. The molecular formula is C26H30N4O2S. The van der Waals surface area contributed by atoms with E-state index in [1.54, 1.807) is 17.2 Å². The maximum Gasteiger partial charge on any atom is 0.272 e. The molecule has 1 spiro atoms. The molecule has 33 heavy (non-hydrogen) atoms. The van der Waals surface area contributed by atoms with Gasteiger partial charge in [-0.3, -0.25) is 14.5 Å². The van der Waals surface area contributed by atoms with E-state index in [4.69, 9.17) is 18.8 Å². The van der Waals surface area contributed by atoms with Crippen LogP contribution >= 0.6 is 12.2 Å². The number of thiocarbonyl (C=S) groups is 1. The zero-order chi connectivity index (χ0) is 22.9. The van der Waals surface area contributed by atoms with Crippen LogP contribution in [0, 0.1) is 13.5 Å². The number of benzene rings is 1. The molecule has 0 N–H and O–H groups in total. The smallest absolute Gasteiger partial charge is 0.272 e. The Morgan fingerprint density at radius 1 is 1.24 bits per heavy atom. The molecular weight excluding hydrogens is 432 g/mol. The van der Waals surface area contributed by atoms with Crippen molar-refractivity contribution in [1.82, 2.24) is 4.98 Å². The molecule has 0 radical (unpaired) electrons. The van der Waals surface area contributed by atoms with Crippen molar-refractivity contribution < 1.29 is 9.59 Å². The van der Waals surface area contributed by atoms with Gasteiger partial charge >= 0.3 is 0 Å². The number of aryl methyl sites for hydroxylation is 2. The Labute approximate surface area is 201 Å². The van der Waals surface area contributed by atoms with Gasteiger partial charge in [0, 0.05) is 18.5 Å². The fourth-order valence-corrected chi connectivity index (χ4v) is 4.95. The van der Waals surface area contributed by atoms with E-state index in [9.17, 15) is 9.59 Å². The molecule has 4 rings (SSSR count). The van der Waals surface area contributed by atoms with Crippen molar-refractivity contribution in [2.24, 2.45) is 0 Å². The Balaban J connectivity index is 0.00000306. The quantitative estimate of drug-likeness (QED) is 0.376. The molecule has 0 unspecified atom stereocenters. The molecule has 2 fully saturated rings. The Kier molecular flexibility index (Phi) is 7.28. The third-order valence-electron chi connectivity index (χ3n) is 6.50. The van der Waals surface area contributed by atoms with E-state index < -0.39 is 5.54 Å². The zero-order valence-corrected chi connectivity index (χ0v) is 19.2. The van der Waals surface area contributed by atoms with E-state index >= 15 is 0 Å². The Hall–Kier alpha value is -3.11. The summed E-state index contributed by atoms with van der Waals surface area (Å²) in [5.41, 5.74) is 2.76. The number of carbonyl (C=O) groups excluding carboxylic acids is 2. The molecule has 1 saturated heterocycles. The number of hydrogen-bond acceptors (Lipinski definition) is 4. The molecule has 1 aliphatic carbocycles. The van der Waals surface area contributed by atoms with Gasteiger partial charge in [-0.1, -0.05) is 33.1 Å². The summed E-state index contributed by atoms with van der Waals surface area (Å²) in [6.07, 6.45) is 6.96. The highest BCUT2D eigenvalue weighted by Gasteiger charge is 2.59. The first-order valence-electron chi connectivity index (χ1n) is 11.0. The number of pyridine rings is 1. The molecule has 2 aliphatic rings. The highest BCUT2D eigenvalue weighted by molar-refractivity contribution is 7.81. The summed E-state index contributed by atoms with van der Waals surface area (Å²) in [6, 6.07) is 9.97. The van der Waals surface area contributed by atoms with Gasteiger partial charge in [0.25, 0.3) is 11.7 Å². The minimum absolute atomic E-state index is 0. The normalized spacial score (nSPS) is 16.4. The standard InChI is InChI=1S/C25H26N4O2S.CH4/c1-4-21(30)8-5-7-18-9-11-19(12-10-18)29-24(32)28(23(31)25(29)13-6-14-25)20-15-17(2)22(26-3)27-16-20;/h9-12,15-16H,4-8,13-14H2,1-2H3;1H4. The van der Waals surface area contributed by atoms with Gasteiger partial charge in [0.05, 0.1) is 5.69 Å². The van der Waals surface area contributed by atoms with Crippen molar-refractivity contribution >= 4 is 46.2 Å². The lowest BCUT2D eigenvalue weighted by atomic mass is 9.75. The van der Waals surface area contributed by atoms with E-state index in [2.05, 4.69) is 22.0 Å². The summed E-state index contributed by atoms with van der Waals surface area (Å²) in [6.45, 7) is 10.9. The Morgan fingerprint density at radius 2 is 1.94 bits per heavy atom. The fourth-order valence-electron chi connectivity index (χ4n) is 4.48. The van der Waals surface area contributed by atoms with Gasteiger partial charge in [-0.2, -0.15) is 0 Å². The third kappa shape index (κ3) is 4.28. The largest absolute Gasteiger partial charge is 0.360 e. The van der Waals surface area contributed by atoms with Crippen LogP contribution in [0.25, 0.3) is 4.85 Å². The lowest BCUT2D eigenvalue weighted by Gasteiger charge is -2.43. The monoisotopic (exact) mass is 462 g/mol. The molecule has 6 nitrogen and oxygen atoms in total. The lowest BCUT2D eigenvalue weighted by Crippen LogP contribution is -2.55. The number of Topliss-reactive ketones (excluding diaryl/α,β-unsaturated/α-hetero) is 1. The van der Waals surface area contributed by atoms with Crippen LogP contribution in [0.15, 0.2) is 36.5 Å². The first kappa shape index (κ1) is 24.5. The van der Waals surface area contributed by atoms with Crippen LogP contribution in [0.5, 0.6) is 0 Å². The number of amides is 1. The highest BCUT2D eigenvalue weighted by atomic mass is 32.1. The van der Waals surface area contributed by atoms with Crippen molar-refractivity contribution in [3.05, 3.63) is 59.1 Å². The van der Waals surface area contributed by atoms with E-state index in [-0.39, 0.29) is 13.3 Å². The van der Waals surface area contributed by atoms with Gasteiger partial charge in [0.1, 0.15) is 17.5 Å². The summed E-state index contributed by atoms with van der Waals surface area (Å²) >= 11 is 5.81. The van der Waals surface area contributed by atoms with Crippen LogP contribution in [0.2, 0.25) is 0 Å². The van der Waals surface area contributed by atoms with Gasteiger partial charge in [-0.15, -0.1) is 4.98 Å². The molecule has 1 saturated carbocycles. The minimum Gasteiger partial charge on any atom is -0.360 e. The first-order valence-corrected chi connectivity index (χ1v) is 11.5. The molecule has 172 valence electrons. The van der Waals surface area contributed by atoms with Gasteiger partial charge in [-0.05, 0) is 80.6 Å². The van der Waals surface area contributed by atoms with Gasteiger partial charge in [0.2, 0.25) is 0 Å². The number of hydrogen-bond donors (Lipinski definition) is 0. The third-order valence-corrected chi connectivity index (χ3v) is 6.87. The van der Waals surface area contributed by atoms with Crippen LogP contribution in [-0.2, 0) is 16.0 Å². The number of ketones is 1. The average Bonchev–Trinajstić information content (AvgIpc) is 3.00. The van der Waals surface area contributed by atoms with E-state index in [1.165, 1.54) is 5.56 Å². The predicted molar refractivity (Wildman–Crippen MR) is 136 cm³/mol. The van der Waals surface area contributed by atoms with E-state index in [0.717, 1.165) is 43.4 Å². The van der Waals surface area contributed by atoms with Crippen LogP contribution in [0.3, 0.4) is 0 Å². The van der Waals surface area contributed by atoms with Gasteiger partial charge in [-0.25, -0.2) is 0 Å². The molecule has 1 amide bonds. The highest BCUT2D eigenvalue weighted by Crippen LogP contribution is 2.47. The van der Waals surface area contributed by atoms with Crippen molar-refractivity contribution in [1.29, 1.82) is 0 Å². The van der Waals surface area contributed by atoms with Crippen LogP contribution < -0.4 is 9.80 Å². The maximum absolute atomic E-state index is 13.5. The number of aromatic nitrogens is 1. The summed E-state index contributed by atoms with van der Waals surface area (Å²) in [5.74, 6) is 0.606. The predicted octanol–water partition coefficient (Wildman–Crippen LogP) is 5.94. The van der Waals surface area contributed by atoms with Crippen LogP contribution in [-0.4, -0.2) is 27.3 Å². The maximum atomic E-state index is 13.5. The van der Waals surface area contributed by atoms with Gasteiger partial charge < -0.3 is 9.74 Å². The summed E-state index contributed by atoms with van der Waals surface area (Å²) in [5, 5.41) is 0.452. The average molecular weight is 463 g/mol. The van der Waals surface area contributed by atoms with Crippen molar-refractivity contribution in [2.75, 3.05) is 9.80 Å². The van der Waals surface area contributed by atoms with Gasteiger partial charge in [0.15, 0.2) is 5.11 Å². The van der Waals surface area contributed by atoms with Crippen LogP contribution in [0.4, 0.5) is 17.2 Å². The Morgan fingerprint density at radius 3 is 2.48 bits per heavy atom. The molecule has 2 aromatic rings. The number of carbonyl (C=O) groups is 2. The summed E-state index contributed by atoms with van der Waals surface area (Å²) in [7, 11) is 0. The SMILES string of the molecule is C.[C-]#[N+]c1ncc(N2C(=O)C3(CCC3)N(c3ccc(CCCC(=O)CC)cc3)C2=S)cc1C. The molecule has 0 atom stereocenters. The van der Waals surface area contributed by atoms with E-state index in [1.807, 2.05) is 30.9 Å². The molecule has 1 aromatic carbocycles. The molecule has 1 aromatic heterocycles. The number of anilines is 2. The molecule has 2 heterocycles. The first-order chi connectivity index (χ1) is 15.4. The van der Waals surface area contributed by atoms with Crippen molar-refractivity contribution in [3.8, 4) is 0 Å². The minimum atomic E-state index is -0.640. The molecule has 7 heteroatoms. The number of nitrogens with zero attached hydrogens (tertiary/aromatic N) is 4. The summed E-state index contributed by atoms with van der Waals surface area (Å²) < 4.78 is 0. The second-order valence-corrected chi connectivity index (χ2v) is 8.87. The Bertz CT molecular complexity index is 1120. The van der Waals surface area contributed by atoms with Crippen LogP contribution in [0.1, 0.15) is 64.0 Å². The number of rotatable bonds is 7. The topological polar surface area (TPSA) is 57.9 Å². The second-order valence-electron chi connectivity index (χ2n) is 8.50. The summed E-state index contributed by atoms with van der Waals surface area (Å²) in [4.78, 5) is 36.3. The van der Waals surface area contributed by atoms with Crippen molar-refractivity contribution in [3.63, 3.8) is 0 Å². The van der Waals surface area contributed by atoms with Crippen molar-refractivity contribution in [2.45, 2.75) is 71.8 Å². The second kappa shape index (κ2) is 9.80. The fraction of sp³-hybridized carbons (Fsp3) is 0.423. The zero-order valence-electron chi connectivity index (χ0n) is 18.4.